The van der Waals surface area contributed by atoms with Crippen LogP contribution in [-0.2, 0) is 0 Å². The molecule has 2 fully saturated rings. The molecule has 1 aromatic carbocycles. The van der Waals surface area contributed by atoms with Crippen LogP contribution in [0.5, 0.6) is 0 Å². The summed E-state index contributed by atoms with van der Waals surface area (Å²) < 4.78 is 0. The van der Waals surface area contributed by atoms with Crippen LogP contribution in [0.1, 0.15) is 42.1 Å². The normalized spacial score (nSPS) is 22.2. The summed E-state index contributed by atoms with van der Waals surface area (Å²) in [5, 5.41) is 3.42. The summed E-state index contributed by atoms with van der Waals surface area (Å²) in [6, 6.07) is 8.79. The first-order chi connectivity index (χ1) is 10.6. The predicted octanol–water partition coefficient (Wildman–Crippen LogP) is 2.35. The zero-order chi connectivity index (χ0) is 15.5. The molecule has 0 bridgehead atoms. The number of carbonyl (C=O) groups excluding carboxylic acids is 1. The Morgan fingerprint density at radius 1 is 1.13 bits per heavy atom. The average molecular weight is 338 g/mol. The van der Waals surface area contributed by atoms with Crippen LogP contribution >= 0.6 is 12.4 Å². The fourth-order valence-corrected chi connectivity index (χ4v) is 3.43. The maximum Gasteiger partial charge on any atom is 0.253 e. The second-order valence-corrected chi connectivity index (χ2v) is 6.75. The number of amides is 1. The number of halogens is 1. The molecule has 1 atom stereocenters. The lowest BCUT2D eigenvalue weighted by Crippen LogP contribution is -2.52. The summed E-state index contributed by atoms with van der Waals surface area (Å²) in [6.45, 7) is 10.3. The maximum absolute atomic E-state index is 12.6. The molecular formula is C18H28ClN3O. The molecule has 2 aliphatic heterocycles. The van der Waals surface area contributed by atoms with Gasteiger partial charge < -0.3 is 10.2 Å². The van der Waals surface area contributed by atoms with E-state index in [1.165, 1.54) is 12.0 Å². The molecule has 4 nitrogen and oxygen atoms in total. The van der Waals surface area contributed by atoms with E-state index >= 15 is 0 Å². The van der Waals surface area contributed by atoms with Crippen molar-refractivity contribution in [3.63, 3.8) is 0 Å². The Balaban J connectivity index is 0.00000192. The van der Waals surface area contributed by atoms with Gasteiger partial charge in [-0.1, -0.05) is 26.0 Å². The quantitative estimate of drug-likeness (QED) is 0.919. The van der Waals surface area contributed by atoms with Crippen LogP contribution in [0.3, 0.4) is 0 Å². The van der Waals surface area contributed by atoms with Gasteiger partial charge in [-0.3, -0.25) is 9.69 Å². The van der Waals surface area contributed by atoms with Gasteiger partial charge in [-0.2, -0.15) is 0 Å². The van der Waals surface area contributed by atoms with Crippen LogP contribution in [0.15, 0.2) is 24.3 Å². The van der Waals surface area contributed by atoms with Gasteiger partial charge in [0.15, 0.2) is 0 Å². The minimum atomic E-state index is 0. The van der Waals surface area contributed by atoms with Crippen LogP contribution in [0, 0.1) is 0 Å². The number of hydrogen-bond donors (Lipinski definition) is 1. The lowest BCUT2D eigenvalue weighted by Gasteiger charge is -2.37. The Hall–Kier alpha value is -1.10. The first kappa shape index (κ1) is 18.2. The molecule has 2 aliphatic rings. The van der Waals surface area contributed by atoms with Gasteiger partial charge in [-0.25, -0.2) is 0 Å². The van der Waals surface area contributed by atoms with Crippen molar-refractivity contribution < 1.29 is 4.79 Å². The molecule has 1 aromatic rings. The predicted molar refractivity (Wildman–Crippen MR) is 96.5 cm³/mol. The zero-order valence-corrected chi connectivity index (χ0v) is 14.9. The lowest BCUT2D eigenvalue weighted by atomic mass is 10.0. The van der Waals surface area contributed by atoms with E-state index in [9.17, 15) is 4.79 Å². The molecule has 0 radical (unpaired) electrons. The molecule has 2 heterocycles. The molecule has 0 spiro atoms. The zero-order valence-electron chi connectivity index (χ0n) is 14.1. The molecule has 0 aromatic heterocycles. The van der Waals surface area contributed by atoms with E-state index in [1.54, 1.807) is 0 Å². The molecule has 5 heteroatoms. The van der Waals surface area contributed by atoms with E-state index in [2.05, 4.69) is 36.2 Å². The van der Waals surface area contributed by atoms with Crippen LogP contribution < -0.4 is 5.32 Å². The highest BCUT2D eigenvalue weighted by Gasteiger charge is 2.28. The Morgan fingerprint density at radius 3 is 2.30 bits per heavy atom. The van der Waals surface area contributed by atoms with Gasteiger partial charge in [-0.05, 0) is 36.6 Å². The van der Waals surface area contributed by atoms with Crippen molar-refractivity contribution in [2.45, 2.75) is 32.2 Å². The van der Waals surface area contributed by atoms with Crippen molar-refractivity contribution in [3.8, 4) is 0 Å². The number of hydrogen-bond acceptors (Lipinski definition) is 3. The van der Waals surface area contributed by atoms with Gasteiger partial charge in [-0.15, -0.1) is 12.4 Å². The summed E-state index contributed by atoms with van der Waals surface area (Å²) in [7, 11) is 0. The summed E-state index contributed by atoms with van der Waals surface area (Å²) in [5.41, 5.74) is 2.11. The summed E-state index contributed by atoms with van der Waals surface area (Å²) in [5.74, 6) is 0.687. The molecule has 1 amide bonds. The first-order valence-corrected chi connectivity index (χ1v) is 8.49. The maximum atomic E-state index is 12.6. The molecular weight excluding hydrogens is 310 g/mol. The highest BCUT2D eigenvalue weighted by molar-refractivity contribution is 5.94. The SMILES string of the molecule is CC(C)c1ccc(C(=O)N2CCN(C3CCNC3)CC2)cc1.Cl. The van der Waals surface area contributed by atoms with Gasteiger partial charge in [0.1, 0.15) is 0 Å². The Bertz CT molecular complexity index is 504. The van der Waals surface area contributed by atoms with E-state index in [-0.39, 0.29) is 18.3 Å². The lowest BCUT2D eigenvalue weighted by molar-refractivity contribution is 0.0584. The van der Waals surface area contributed by atoms with E-state index in [0.29, 0.717) is 12.0 Å². The highest BCUT2D eigenvalue weighted by atomic mass is 35.5. The van der Waals surface area contributed by atoms with Crippen LogP contribution in [0.4, 0.5) is 0 Å². The summed E-state index contributed by atoms with van der Waals surface area (Å²) in [4.78, 5) is 17.1. The second kappa shape index (κ2) is 8.13. The van der Waals surface area contributed by atoms with Crippen LogP contribution in [0.25, 0.3) is 0 Å². The molecule has 3 rings (SSSR count). The summed E-state index contributed by atoms with van der Waals surface area (Å²) in [6.07, 6.45) is 1.24. The molecule has 1 N–H and O–H groups in total. The number of piperazine rings is 1. The minimum absolute atomic E-state index is 0. The Kier molecular flexibility index (Phi) is 6.45. The van der Waals surface area contributed by atoms with Gasteiger partial charge >= 0.3 is 0 Å². The molecule has 23 heavy (non-hydrogen) atoms. The monoisotopic (exact) mass is 337 g/mol. The van der Waals surface area contributed by atoms with Gasteiger partial charge in [0, 0.05) is 44.3 Å². The molecule has 2 saturated heterocycles. The third-order valence-electron chi connectivity index (χ3n) is 4.98. The van der Waals surface area contributed by atoms with Gasteiger partial charge in [0.25, 0.3) is 5.91 Å². The number of benzene rings is 1. The summed E-state index contributed by atoms with van der Waals surface area (Å²) >= 11 is 0. The topological polar surface area (TPSA) is 35.6 Å². The van der Waals surface area contributed by atoms with Crippen LogP contribution in [-0.4, -0.2) is 61.0 Å². The van der Waals surface area contributed by atoms with Crippen LogP contribution in [0.2, 0.25) is 0 Å². The smallest absolute Gasteiger partial charge is 0.253 e. The van der Waals surface area contributed by atoms with Gasteiger partial charge in [0.2, 0.25) is 0 Å². The van der Waals surface area contributed by atoms with E-state index in [4.69, 9.17) is 0 Å². The van der Waals surface area contributed by atoms with Crippen molar-refractivity contribution >= 4 is 18.3 Å². The largest absolute Gasteiger partial charge is 0.336 e. The van der Waals surface area contributed by atoms with Crippen molar-refractivity contribution in [3.05, 3.63) is 35.4 Å². The minimum Gasteiger partial charge on any atom is -0.336 e. The number of nitrogens with one attached hydrogen (secondary N) is 1. The van der Waals surface area contributed by atoms with E-state index < -0.39 is 0 Å². The molecule has 0 aliphatic carbocycles. The third kappa shape index (κ3) is 4.25. The van der Waals surface area contributed by atoms with Crippen molar-refractivity contribution in [1.29, 1.82) is 0 Å². The van der Waals surface area contributed by atoms with Gasteiger partial charge in [0.05, 0.1) is 0 Å². The molecule has 1 unspecified atom stereocenters. The standard InChI is InChI=1S/C18H27N3O.ClH/c1-14(2)15-3-5-16(6-4-15)18(22)21-11-9-20(10-12-21)17-7-8-19-13-17;/h3-6,14,17,19H,7-13H2,1-2H3;1H. The molecule has 128 valence electrons. The second-order valence-electron chi connectivity index (χ2n) is 6.75. The Labute approximate surface area is 145 Å². The van der Waals surface area contributed by atoms with E-state index in [0.717, 1.165) is 44.8 Å². The number of rotatable bonds is 3. The van der Waals surface area contributed by atoms with Crippen molar-refractivity contribution in [1.82, 2.24) is 15.1 Å². The fourth-order valence-electron chi connectivity index (χ4n) is 3.43. The Morgan fingerprint density at radius 2 is 1.78 bits per heavy atom. The number of nitrogens with zero attached hydrogens (tertiary/aromatic N) is 2. The van der Waals surface area contributed by atoms with E-state index in [1.807, 2.05) is 17.0 Å². The highest BCUT2D eigenvalue weighted by Crippen LogP contribution is 2.17. The fraction of sp³-hybridized carbons (Fsp3) is 0.611. The van der Waals surface area contributed by atoms with Crippen molar-refractivity contribution in [2.75, 3.05) is 39.3 Å². The number of carbonyl (C=O) groups is 1. The molecule has 0 saturated carbocycles. The van der Waals surface area contributed by atoms with Crippen molar-refractivity contribution in [2.24, 2.45) is 0 Å². The third-order valence-corrected chi connectivity index (χ3v) is 4.98. The first-order valence-electron chi connectivity index (χ1n) is 8.49. The average Bonchev–Trinajstić information content (AvgIpc) is 3.09.